The van der Waals surface area contributed by atoms with Gasteiger partial charge in [-0.25, -0.2) is 4.98 Å². The highest BCUT2D eigenvalue weighted by atomic mass is 16.2. The SMILES string of the molecule is CCc1cc(C(=O)N(C)CC2CC2)cc(NC)n1. The zero-order chi connectivity index (χ0) is 13.1. The molecule has 1 fully saturated rings. The molecule has 4 nitrogen and oxygen atoms in total. The summed E-state index contributed by atoms with van der Waals surface area (Å²) in [4.78, 5) is 18.5. The van der Waals surface area contributed by atoms with Crippen molar-refractivity contribution in [3.63, 3.8) is 0 Å². The van der Waals surface area contributed by atoms with Gasteiger partial charge in [0, 0.05) is 31.9 Å². The second kappa shape index (κ2) is 5.38. The van der Waals surface area contributed by atoms with Crippen molar-refractivity contribution in [2.75, 3.05) is 26.0 Å². The lowest BCUT2D eigenvalue weighted by Gasteiger charge is -2.17. The molecule has 98 valence electrons. The molecular weight excluding hydrogens is 226 g/mol. The van der Waals surface area contributed by atoms with E-state index in [2.05, 4.69) is 10.3 Å². The predicted octanol–water partition coefficient (Wildman–Crippen LogP) is 2.17. The molecule has 4 heteroatoms. The van der Waals surface area contributed by atoms with Crippen molar-refractivity contribution in [2.45, 2.75) is 26.2 Å². The summed E-state index contributed by atoms with van der Waals surface area (Å²) in [7, 11) is 3.70. The Labute approximate surface area is 108 Å². The molecule has 1 aromatic rings. The molecule has 1 amide bonds. The van der Waals surface area contributed by atoms with Crippen molar-refractivity contribution in [3.8, 4) is 0 Å². The van der Waals surface area contributed by atoms with E-state index in [0.29, 0.717) is 0 Å². The van der Waals surface area contributed by atoms with Gasteiger partial charge < -0.3 is 10.2 Å². The van der Waals surface area contributed by atoms with Gasteiger partial charge in [0.2, 0.25) is 0 Å². The Hall–Kier alpha value is -1.58. The molecule has 1 N–H and O–H groups in total. The van der Waals surface area contributed by atoms with Gasteiger partial charge in [-0.1, -0.05) is 6.92 Å². The Balaban J connectivity index is 2.16. The number of pyridine rings is 1. The Morgan fingerprint density at radius 3 is 2.78 bits per heavy atom. The van der Waals surface area contributed by atoms with Gasteiger partial charge >= 0.3 is 0 Å². The molecule has 1 heterocycles. The van der Waals surface area contributed by atoms with Crippen LogP contribution in [0.25, 0.3) is 0 Å². The number of amides is 1. The number of rotatable bonds is 5. The van der Waals surface area contributed by atoms with Crippen LogP contribution < -0.4 is 5.32 Å². The first-order valence-electron chi connectivity index (χ1n) is 6.58. The molecule has 1 aromatic heterocycles. The summed E-state index contributed by atoms with van der Waals surface area (Å²) in [6.07, 6.45) is 3.36. The lowest BCUT2D eigenvalue weighted by Crippen LogP contribution is -2.29. The second-order valence-electron chi connectivity index (χ2n) is 4.97. The van der Waals surface area contributed by atoms with Crippen molar-refractivity contribution in [1.82, 2.24) is 9.88 Å². The van der Waals surface area contributed by atoms with E-state index in [-0.39, 0.29) is 5.91 Å². The summed E-state index contributed by atoms with van der Waals surface area (Å²) >= 11 is 0. The molecule has 0 unspecified atom stereocenters. The molecule has 0 spiro atoms. The maximum atomic E-state index is 12.3. The van der Waals surface area contributed by atoms with E-state index in [4.69, 9.17) is 0 Å². The van der Waals surface area contributed by atoms with Crippen LogP contribution in [0.1, 0.15) is 35.8 Å². The summed E-state index contributed by atoms with van der Waals surface area (Å²) < 4.78 is 0. The van der Waals surface area contributed by atoms with Crippen LogP contribution >= 0.6 is 0 Å². The first kappa shape index (κ1) is 12.9. The predicted molar refractivity (Wildman–Crippen MR) is 72.8 cm³/mol. The van der Waals surface area contributed by atoms with Crippen molar-refractivity contribution in [3.05, 3.63) is 23.4 Å². The molecule has 0 bridgehead atoms. The van der Waals surface area contributed by atoms with E-state index >= 15 is 0 Å². The molecule has 1 saturated carbocycles. The zero-order valence-electron chi connectivity index (χ0n) is 11.4. The highest BCUT2D eigenvalue weighted by Crippen LogP contribution is 2.29. The minimum Gasteiger partial charge on any atom is -0.373 e. The van der Waals surface area contributed by atoms with Gasteiger partial charge in [-0.15, -0.1) is 0 Å². The van der Waals surface area contributed by atoms with Crippen LogP contribution in [0.2, 0.25) is 0 Å². The number of hydrogen-bond acceptors (Lipinski definition) is 3. The summed E-state index contributed by atoms with van der Waals surface area (Å²) in [5.74, 6) is 1.57. The number of nitrogens with one attached hydrogen (secondary N) is 1. The monoisotopic (exact) mass is 247 g/mol. The van der Waals surface area contributed by atoms with Crippen LogP contribution in [0.5, 0.6) is 0 Å². The first-order valence-corrected chi connectivity index (χ1v) is 6.58. The fraction of sp³-hybridized carbons (Fsp3) is 0.571. The van der Waals surface area contributed by atoms with Gasteiger partial charge in [0.15, 0.2) is 0 Å². The third-order valence-electron chi connectivity index (χ3n) is 3.32. The molecule has 0 radical (unpaired) electrons. The van der Waals surface area contributed by atoms with Gasteiger partial charge in [0.25, 0.3) is 5.91 Å². The van der Waals surface area contributed by atoms with Gasteiger partial charge in [0.05, 0.1) is 0 Å². The molecule has 0 atom stereocenters. The normalized spacial score (nSPS) is 14.4. The van der Waals surface area contributed by atoms with Crippen LogP contribution in [0.4, 0.5) is 5.82 Å². The lowest BCUT2D eigenvalue weighted by atomic mass is 10.1. The molecule has 1 aliphatic rings. The van der Waals surface area contributed by atoms with Gasteiger partial charge in [-0.05, 0) is 37.3 Å². The van der Waals surface area contributed by atoms with E-state index in [1.54, 1.807) is 0 Å². The molecule has 18 heavy (non-hydrogen) atoms. The summed E-state index contributed by atoms with van der Waals surface area (Å²) in [6, 6.07) is 3.72. The van der Waals surface area contributed by atoms with Crippen molar-refractivity contribution in [1.29, 1.82) is 0 Å². The lowest BCUT2D eigenvalue weighted by molar-refractivity contribution is 0.0788. The maximum Gasteiger partial charge on any atom is 0.253 e. The van der Waals surface area contributed by atoms with Crippen LogP contribution in [-0.4, -0.2) is 36.4 Å². The van der Waals surface area contributed by atoms with Crippen LogP contribution in [-0.2, 0) is 6.42 Å². The highest BCUT2D eigenvalue weighted by Gasteiger charge is 2.25. The maximum absolute atomic E-state index is 12.3. The van der Waals surface area contributed by atoms with E-state index in [1.807, 2.05) is 38.1 Å². The molecule has 2 rings (SSSR count). The number of nitrogens with zero attached hydrogens (tertiary/aromatic N) is 2. The Bertz CT molecular complexity index is 418. The fourth-order valence-electron chi connectivity index (χ4n) is 2.01. The number of carbonyl (C=O) groups is 1. The molecule has 0 saturated heterocycles. The number of hydrogen-bond donors (Lipinski definition) is 1. The van der Waals surface area contributed by atoms with E-state index in [9.17, 15) is 4.79 Å². The van der Waals surface area contributed by atoms with Crippen LogP contribution in [0, 0.1) is 5.92 Å². The number of aromatic nitrogens is 1. The summed E-state index contributed by atoms with van der Waals surface area (Å²) in [6.45, 7) is 2.92. The molecule has 0 aliphatic heterocycles. The smallest absolute Gasteiger partial charge is 0.253 e. The minimum atomic E-state index is 0.0931. The van der Waals surface area contributed by atoms with Gasteiger partial charge in [0.1, 0.15) is 5.82 Å². The number of anilines is 1. The fourth-order valence-corrected chi connectivity index (χ4v) is 2.01. The largest absolute Gasteiger partial charge is 0.373 e. The average Bonchev–Trinajstić information content (AvgIpc) is 3.20. The zero-order valence-corrected chi connectivity index (χ0v) is 11.4. The first-order chi connectivity index (χ1) is 8.63. The van der Waals surface area contributed by atoms with E-state index in [1.165, 1.54) is 12.8 Å². The van der Waals surface area contributed by atoms with Gasteiger partial charge in [-0.2, -0.15) is 0 Å². The topological polar surface area (TPSA) is 45.2 Å². The van der Waals surface area contributed by atoms with E-state index in [0.717, 1.165) is 36.0 Å². The summed E-state index contributed by atoms with van der Waals surface area (Å²) in [5, 5.41) is 3.01. The Morgan fingerprint density at radius 1 is 1.50 bits per heavy atom. The van der Waals surface area contributed by atoms with Crippen LogP contribution in [0.3, 0.4) is 0 Å². The summed E-state index contributed by atoms with van der Waals surface area (Å²) in [5.41, 5.74) is 1.68. The highest BCUT2D eigenvalue weighted by molar-refractivity contribution is 5.94. The second-order valence-corrected chi connectivity index (χ2v) is 4.97. The third-order valence-corrected chi connectivity index (χ3v) is 3.32. The average molecular weight is 247 g/mol. The third kappa shape index (κ3) is 3.00. The number of aryl methyl sites for hydroxylation is 1. The molecule has 0 aromatic carbocycles. The standard InChI is InChI=1S/C14H21N3O/c1-4-12-7-11(8-13(15-2)16-12)14(18)17(3)9-10-5-6-10/h7-8,10H,4-6,9H2,1-3H3,(H,15,16). The quantitative estimate of drug-likeness (QED) is 0.867. The minimum absolute atomic E-state index is 0.0931. The van der Waals surface area contributed by atoms with Crippen molar-refractivity contribution < 1.29 is 4.79 Å². The van der Waals surface area contributed by atoms with Gasteiger partial charge in [-0.3, -0.25) is 4.79 Å². The Morgan fingerprint density at radius 2 is 2.22 bits per heavy atom. The van der Waals surface area contributed by atoms with Crippen molar-refractivity contribution in [2.24, 2.45) is 5.92 Å². The van der Waals surface area contributed by atoms with Crippen molar-refractivity contribution >= 4 is 11.7 Å². The molecule has 1 aliphatic carbocycles. The number of carbonyl (C=O) groups excluding carboxylic acids is 1. The van der Waals surface area contributed by atoms with E-state index < -0.39 is 0 Å². The molecular formula is C14H21N3O. The Kier molecular flexibility index (Phi) is 3.84. The van der Waals surface area contributed by atoms with Crippen LogP contribution in [0.15, 0.2) is 12.1 Å².